The van der Waals surface area contributed by atoms with E-state index in [0.29, 0.717) is 21.8 Å². The molecule has 0 spiro atoms. The van der Waals surface area contributed by atoms with E-state index in [1.807, 2.05) is 26.0 Å². The van der Waals surface area contributed by atoms with E-state index in [-0.39, 0.29) is 17.6 Å². The van der Waals surface area contributed by atoms with Crippen LogP contribution in [0.25, 0.3) is 5.69 Å². The second-order valence-electron chi connectivity index (χ2n) is 6.58. The van der Waals surface area contributed by atoms with E-state index in [2.05, 4.69) is 10.4 Å². The Morgan fingerprint density at radius 3 is 2.52 bits per heavy atom. The summed E-state index contributed by atoms with van der Waals surface area (Å²) in [5.41, 5.74) is 3.18. The van der Waals surface area contributed by atoms with Gasteiger partial charge in [0.15, 0.2) is 5.78 Å². The molecule has 138 valence electrons. The van der Waals surface area contributed by atoms with Crippen molar-refractivity contribution in [3.63, 3.8) is 0 Å². The van der Waals surface area contributed by atoms with Gasteiger partial charge in [0.1, 0.15) is 0 Å². The monoisotopic (exact) mass is 381 g/mol. The maximum atomic E-state index is 12.9. The van der Waals surface area contributed by atoms with Crippen LogP contribution in [-0.4, -0.2) is 21.5 Å². The van der Waals surface area contributed by atoms with Gasteiger partial charge in [0, 0.05) is 16.3 Å². The number of carbonyl (C=O) groups is 2. The molecule has 1 heterocycles. The molecule has 1 aromatic heterocycles. The number of hydrogen-bond donors (Lipinski definition) is 1. The summed E-state index contributed by atoms with van der Waals surface area (Å²) in [6, 6.07) is 14.2. The molecule has 3 aromatic rings. The summed E-state index contributed by atoms with van der Waals surface area (Å²) in [4.78, 5) is 24.4. The Balaban J connectivity index is 1.96. The van der Waals surface area contributed by atoms with Crippen LogP contribution in [0.5, 0.6) is 0 Å². The molecule has 3 rings (SSSR count). The summed E-state index contributed by atoms with van der Waals surface area (Å²) in [6.07, 6.45) is 1.56. The van der Waals surface area contributed by atoms with E-state index in [1.54, 1.807) is 47.3 Å². The number of carbonyl (C=O) groups excluding carboxylic acids is 2. The van der Waals surface area contributed by atoms with Crippen LogP contribution >= 0.6 is 11.6 Å². The number of amides is 1. The highest BCUT2D eigenvalue weighted by atomic mass is 35.5. The van der Waals surface area contributed by atoms with Gasteiger partial charge in [0.25, 0.3) is 5.91 Å². The molecule has 0 radical (unpaired) electrons. The maximum absolute atomic E-state index is 12.9. The second kappa shape index (κ2) is 7.76. The first kappa shape index (κ1) is 18.9. The van der Waals surface area contributed by atoms with Crippen LogP contribution < -0.4 is 5.32 Å². The lowest BCUT2D eigenvalue weighted by Crippen LogP contribution is -2.15. The minimum absolute atomic E-state index is 0.0530. The summed E-state index contributed by atoms with van der Waals surface area (Å²) in [7, 11) is 0. The first-order chi connectivity index (χ1) is 12.9. The van der Waals surface area contributed by atoms with Gasteiger partial charge in [-0.3, -0.25) is 9.59 Å². The van der Waals surface area contributed by atoms with Crippen molar-refractivity contribution >= 4 is 29.0 Å². The predicted octanol–water partition coefficient (Wildman–Crippen LogP) is 5.10. The number of ketones is 1. The number of rotatable bonds is 5. The van der Waals surface area contributed by atoms with Crippen molar-refractivity contribution in [3.8, 4) is 5.69 Å². The number of benzene rings is 2. The van der Waals surface area contributed by atoms with Gasteiger partial charge in [-0.2, -0.15) is 5.10 Å². The average molecular weight is 382 g/mol. The van der Waals surface area contributed by atoms with Gasteiger partial charge in [0.05, 0.1) is 23.1 Å². The number of aromatic nitrogens is 2. The number of Topliss-reactive ketones (excluding diaryl/α,β-unsaturated/α-hetero) is 1. The van der Waals surface area contributed by atoms with Gasteiger partial charge in [-0.15, -0.1) is 0 Å². The van der Waals surface area contributed by atoms with Crippen molar-refractivity contribution in [1.29, 1.82) is 0 Å². The molecule has 2 aromatic carbocycles. The van der Waals surface area contributed by atoms with E-state index in [1.165, 1.54) is 6.92 Å². The molecule has 1 N–H and O–H groups in total. The van der Waals surface area contributed by atoms with Gasteiger partial charge >= 0.3 is 0 Å². The number of anilines is 1. The zero-order valence-corrected chi connectivity index (χ0v) is 16.1. The number of halogens is 1. The van der Waals surface area contributed by atoms with Crippen molar-refractivity contribution in [2.45, 2.75) is 26.7 Å². The van der Waals surface area contributed by atoms with Crippen LogP contribution in [0.2, 0.25) is 5.02 Å². The second-order valence-corrected chi connectivity index (χ2v) is 7.02. The molecule has 0 aliphatic carbocycles. The Hall–Kier alpha value is -2.92. The molecule has 0 fully saturated rings. The van der Waals surface area contributed by atoms with Crippen LogP contribution in [0.15, 0.2) is 54.7 Å². The quantitative estimate of drug-likeness (QED) is 0.625. The average Bonchev–Trinajstić information content (AvgIpc) is 3.07. The fraction of sp³-hybridized carbons (Fsp3) is 0.190. The van der Waals surface area contributed by atoms with Crippen LogP contribution in [-0.2, 0) is 0 Å². The van der Waals surface area contributed by atoms with E-state index in [9.17, 15) is 9.59 Å². The summed E-state index contributed by atoms with van der Waals surface area (Å²) in [6.45, 7) is 5.50. The molecule has 0 unspecified atom stereocenters. The third-order valence-corrected chi connectivity index (χ3v) is 4.41. The molecule has 0 aliphatic rings. The smallest absolute Gasteiger partial charge is 0.259 e. The van der Waals surface area contributed by atoms with Crippen LogP contribution in [0.3, 0.4) is 0 Å². The standard InChI is InChI=1S/C21H20ClN3O2/c1-13(2)20-19(12-23-25(20)18-9-5-7-16(22)11-18)21(27)24-17-8-4-6-15(10-17)14(3)26/h4-13H,1-3H3,(H,24,27). The fourth-order valence-corrected chi connectivity index (χ4v) is 3.10. The lowest BCUT2D eigenvalue weighted by molar-refractivity contribution is 0.101. The topological polar surface area (TPSA) is 64.0 Å². The van der Waals surface area contributed by atoms with Gasteiger partial charge < -0.3 is 5.32 Å². The summed E-state index contributed by atoms with van der Waals surface area (Å²) in [5.74, 6) is -0.258. The molecule has 0 bridgehead atoms. The largest absolute Gasteiger partial charge is 0.322 e. The highest BCUT2D eigenvalue weighted by Gasteiger charge is 2.21. The third-order valence-electron chi connectivity index (χ3n) is 4.18. The van der Waals surface area contributed by atoms with Gasteiger partial charge in [0.2, 0.25) is 0 Å². The molecular weight excluding hydrogens is 362 g/mol. The molecule has 0 saturated heterocycles. The highest BCUT2D eigenvalue weighted by molar-refractivity contribution is 6.30. The van der Waals surface area contributed by atoms with E-state index in [4.69, 9.17) is 11.6 Å². The molecule has 0 atom stereocenters. The minimum Gasteiger partial charge on any atom is -0.322 e. The van der Waals surface area contributed by atoms with Crippen molar-refractivity contribution in [2.75, 3.05) is 5.32 Å². The molecule has 0 aliphatic heterocycles. The minimum atomic E-state index is -0.271. The van der Waals surface area contributed by atoms with Crippen molar-refractivity contribution < 1.29 is 9.59 Å². The SMILES string of the molecule is CC(=O)c1cccc(NC(=O)c2cnn(-c3cccc(Cl)c3)c2C(C)C)c1. The molecule has 6 heteroatoms. The van der Waals surface area contributed by atoms with Crippen molar-refractivity contribution in [2.24, 2.45) is 0 Å². The van der Waals surface area contributed by atoms with Crippen LogP contribution in [0, 0.1) is 0 Å². The first-order valence-corrected chi connectivity index (χ1v) is 9.01. The normalized spacial score (nSPS) is 10.9. The van der Waals surface area contributed by atoms with Crippen molar-refractivity contribution in [1.82, 2.24) is 9.78 Å². The number of nitrogens with one attached hydrogen (secondary N) is 1. The lowest BCUT2D eigenvalue weighted by Gasteiger charge is -2.13. The molecule has 1 amide bonds. The Bertz CT molecular complexity index is 1010. The summed E-state index contributed by atoms with van der Waals surface area (Å²) in [5, 5.41) is 7.86. The van der Waals surface area contributed by atoms with Crippen LogP contribution in [0.1, 0.15) is 53.1 Å². The van der Waals surface area contributed by atoms with Crippen LogP contribution in [0.4, 0.5) is 5.69 Å². The summed E-state index contributed by atoms with van der Waals surface area (Å²) < 4.78 is 1.73. The Morgan fingerprint density at radius 1 is 1.11 bits per heavy atom. The van der Waals surface area contributed by atoms with E-state index >= 15 is 0 Å². The molecular formula is C21H20ClN3O2. The molecule has 27 heavy (non-hydrogen) atoms. The maximum Gasteiger partial charge on any atom is 0.259 e. The number of hydrogen-bond acceptors (Lipinski definition) is 3. The Morgan fingerprint density at radius 2 is 1.85 bits per heavy atom. The zero-order valence-electron chi connectivity index (χ0n) is 15.4. The highest BCUT2D eigenvalue weighted by Crippen LogP contribution is 2.25. The number of nitrogens with zero attached hydrogens (tertiary/aromatic N) is 2. The molecule has 5 nitrogen and oxygen atoms in total. The third kappa shape index (κ3) is 4.09. The Labute approximate surface area is 163 Å². The van der Waals surface area contributed by atoms with Crippen molar-refractivity contribution in [3.05, 3.63) is 76.6 Å². The summed E-state index contributed by atoms with van der Waals surface area (Å²) >= 11 is 6.10. The fourth-order valence-electron chi connectivity index (χ4n) is 2.92. The van der Waals surface area contributed by atoms with Gasteiger partial charge in [-0.25, -0.2) is 4.68 Å². The molecule has 0 saturated carbocycles. The zero-order chi connectivity index (χ0) is 19.6. The first-order valence-electron chi connectivity index (χ1n) is 8.63. The predicted molar refractivity (Wildman–Crippen MR) is 107 cm³/mol. The van der Waals surface area contributed by atoms with E-state index in [0.717, 1.165) is 11.4 Å². The Kier molecular flexibility index (Phi) is 5.42. The lowest BCUT2D eigenvalue weighted by atomic mass is 10.0. The van der Waals surface area contributed by atoms with E-state index < -0.39 is 0 Å². The van der Waals surface area contributed by atoms with Gasteiger partial charge in [-0.1, -0.05) is 43.6 Å². The van der Waals surface area contributed by atoms with Gasteiger partial charge in [-0.05, 0) is 43.2 Å².